The number of benzene rings is 1. The average molecular weight is 371 g/mol. The number of hydrogen-bond donors (Lipinski definition) is 1. The average Bonchev–Trinajstić information content (AvgIpc) is 2.41. The first-order chi connectivity index (χ1) is 9.90. The van der Waals surface area contributed by atoms with Crippen molar-refractivity contribution in [3.8, 4) is 0 Å². The van der Waals surface area contributed by atoms with Crippen LogP contribution >= 0.6 is 27.5 Å². The van der Waals surface area contributed by atoms with Crippen molar-refractivity contribution in [1.29, 1.82) is 0 Å². The van der Waals surface area contributed by atoms with Gasteiger partial charge in [0, 0.05) is 21.9 Å². The highest BCUT2D eigenvalue weighted by Crippen LogP contribution is 2.27. The van der Waals surface area contributed by atoms with Gasteiger partial charge in [-0.25, -0.2) is 0 Å². The third-order valence-corrected chi connectivity index (χ3v) is 4.37. The molecule has 1 N–H and O–H groups in total. The van der Waals surface area contributed by atoms with Gasteiger partial charge in [0.25, 0.3) is 5.69 Å². The number of rotatable bonds is 4. The lowest BCUT2D eigenvalue weighted by Gasteiger charge is -2.10. The Morgan fingerprint density at radius 1 is 1.43 bits per heavy atom. The van der Waals surface area contributed by atoms with Gasteiger partial charge >= 0.3 is 0 Å². The van der Waals surface area contributed by atoms with E-state index >= 15 is 0 Å². The minimum absolute atomic E-state index is 0.121. The lowest BCUT2D eigenvalue weighted by Crippen LogP contribution is -2.07. The fourth-order valence-electron chi connectivity index (χ4n) is 2.02. The fourth-order valence-corrected chi connectivity index (χ4v) is 2.44. The number of aromatic nitrogens is 1. The quantitative estimate of drug-likeness (QED) is 0.629. The SMILES string of the molecule is Cc1cnc(CNc2ccc(Br)c(Cl)c2)c(C)c1[N+](=O)[O-]. The molecule has 0 aliphatic rings. The molecule has 0 saturated carbocycles. The van der Waals surface area contributed by atoms with Crippen molar-refractivity contribution in [1.82, 2.24) is 4.98 Å². The predicted octanol–water partition coefficient (Wildman–Crippen LogP) is 4.63. The van der Waals surface area contributed by atoms with Gasteiger partial charge in [-0.05, 0) is 48.0 Å². The summed E-state index contributed by atoms with van der Waals surface area (Å²) in [6.07, 6.45) is 1.52. The van der Waals surface area contributed by atoms with Crippen molar-refractivity contribution in [2.45, 2.75) is 20.4 Å². The van der Waals surface area contributed by atoms with Crippen LogP contribution in [0.2, 0.25) is 5.02 Å². The topological polar surface area (TPSA) is 68.1 Å². The third kappa shape index (κ3) is 3.51. The van der Waals surface area contributed by atoms with Gasteiger partial charge in [-0.2, -0.15) is 0 Å². The van der Waals surface area contributed by atoms with Crippen molar-refractivity contribution in [2.75, 3.05) is 5.32 Å². The Morgan fingerprint density at radius 2 is 2.14 bits per heavy atom. The molecular weight excluding hydrogens is 358 g/mol. The summed E-state index contributed by atoms with van der Waals surface area (Å²) in [6, 6.07) is 5.49. The molecule has 5 nitrogen and oxygen atoms in total. The van der Waals surface area contributed by atoms with Crippen LogP contribution in [0.1, 0.15) is 16.8 Å². The Labute approximate surface area is 135 Å². The third-order valence-electron chi connectivity index (χ3n) is 3.14. The molecule has 0 spiro atoms. The number of anilines is 1. The number of nitrogens with one attached hydrogen (secondary N) is 1. The molecule has 21 heavy (non-hydrogen) atoms. The van der Waals surface area contributed by atoms with Crippen LogP contribution in [0.3, 0.4) is 0 Å². The van der Waals surface area contributed by atoms with Gasteiger partial charge in [0.1, 0.15) is 0 Å². The normalized spacial score (nSPS) is 10.5. The molecule has 0 amide bonds. The largest absolute Gasteiger partial charge is 0.379 e. The summed E-state index contributed by atoms with van der Waals surface area (Å²) in [6.45, 7) is 3.79. The maximum Gasteiger partial charge on any atom is 0.278 e. The van der Waals surface area contributed by atoms with E-state index < -0.39 is 0 Å². The first-order valence-electron chi connectivity index (χ1n) is 6.18. The molecule has 2 aromatic rings. The number of nitrogens with zero attached hydrogens (tertiary/aromatic N) is 2. The van der Waals surface area contributed by atoms with Gasteiger partial charge in [-0.15, -0.1) is 0 Å². The lowest BCUT2D eigenvalue weighted by molar-refractivity contribution is -0.386. The summed E-state index contributed by atoms with van der Waals surface area (Å²) in [4.78, 5) is 15.0. The van der Waals surface area contributed by atoms with Crippen molar-refractivity contribution in [3.05, 3.63) is 60.8 Å². The standard InChI is InChI=1S/C14H13BrClN3O2/c1-8-6-18-13(9(2)14(8)19(20)21)7-17-10-3-4-11(15)12(16)5-10/h3-6,17H,7H2,1-2H3. The molecule has 0 atom stereocenters. The van der Waals surface area contributed by atoms with E-state index in [1.54, 1.807) is 19.9 Å². The minimum atomic E-state index is -0.369. The Hall–Kier alpha value is -1.66. The van der Waals surface area contributed by atoms with Crippen LogP contribution in [-0.4, -0.2) is 9.91 Å². The molecule has 0 fully saturated rings. The van der Waals surface area contributed by atoms with Crippen LogP contribution in [0.4, 0.5) is 11.4 Å². The van der Waals surface area contributed by atoms with Crippen LogP contribution in [0.15, 0.2) is 28.9 Å². The number of pyridine rings is 1. The molecule has 0 aliphatic carbocycles. The van der Waals surface area contributed by atoms with Crippen LogP contribution in [0.5, 0.6) is 0 Å². The Morgan fingerprint density at radius 3 is 2.76 bits per heavy atom. The minimum Gasteiger partial charge on any atom is -0.379 e. The van der Waals surface area contributed by atoms with E-state index in [1.807, 2.05) is 12.1 Å². The maximum absolute atomic E-state index is 11.1. The van der Waals surface area contributed by atoms with Crippen molar-refractivity contribution in [3.63, 3.8) is 0 Å². The number of nitro groups is 1. The zero-order valence-corrected chi connectivity index (χ0v) is 13.8. The number of aryl methyl sites for hydroxylation is 1. The van der Waals surface area contributed by atoms with Gasteiger partial charge in [-0.3, -0.25) is 15.1 Å². The maximum atomic E-state index is 11.1. The molecule has 110 valence electrons. The lowest BCUT2D eigenvalue weighted by atomic mass is 10.1. The first-order valence-corrected chi connectivity index (χ1v) is 7.35. The molecule has 0 aliphatic heterocycles. The van der Waals surface area contributed by atoms with Gasteiger partial charge in [0.15, 0.2) is 0 Å². The van der Waals surface area contributed by atoms with Gasteiger partial charge in [-0.1, -0.05) is 11.6 Å². The molecule has 1 heterocycles. The molecule has 0 saturated heterocycles. The molecule has 0 bridgehead atoms. The highest BCUT2D eigenvalue weighted by molar-refractivity contribution is 9.10. The molecule has 0 unspecified atom stereocenters. The number of hydrogen-bond acceptors (Lipinski definition) is 4. The smallest absolute Gasteiger partial charge is 0.278 e. The Balaban J connectivity index is 2.22. The van der Waals surface area contributed by atoms with Gasteiger partial charge in [0.2, 0.25) is 0 Å². The summed E-state index contributed by atoms with van der Waals surface area (Å²) in [5.74, 6) is 0. The van der Waals surface area contributed by atoms with E-state index in [0.29, 0.717) is 28.4 Å². The monoisotopic (exact) mass is 369 g/mol. The summed E-state index contributed by atoms with van der Waals surface area (Å²) < 4.78 is 0.815. The summed E-state index contributed by atoms with van der Waals surface area (Å²) >= 11 is 9.35. The van der Waals surface area contributed by atoms with E-state index in [2.05, 4.69) is 26.2 Å². The van der Waals surface area contributed by atoms with Crippen molar-refractivity contribution < 1.29 is 4.92 Å². The molecule has 1 aromatic heterocycles. The van der Waals surface area contributed by atoms with E-state index in [-0.39, 0.29) is 10.6 Å². The van der Waals surface area contributed by atoms with Gasteiger partial charge < -0.3 is 5.32 Å². The second kappa shape index (κ2) is 6.41. The molecule has 1 aromatic carbocycles. The van der Waals surface area contributed by atoms with Crippen LogP contribution in [0, 0.1) is 24.0 Å². The van der Waals surface area contributed by atoms with Crippen LogP contribution in [0.25, 0.3) is 0 Å². The Bertz CT molecular complexity index is 707. The summed E-state index contributed by atoms with van der Waals surface area (Å²) in [7, 11) is 0. The second-order valence-electron chi connectivity index (χ2n) is 4.60. The van der Waals surface area contributed by atoms with E-state index in [4.69, 9.17) is 11.6 Å². The molecule has 2 rings (SSSR count). The molecular formula is C14H13BrClN3O2. The Kier molecular flexibility index (Phi) is 4.80. The number of halogens is 2. The summed E-state index contributed by atoms with van der Waals surface area (Å²) in [5.41, 5.74) is 2.73. The zero-order chi connectivity index (χ0) is 15.6. The van der Waals surface area contributed by atoms with Crippen LogP contribution in [-0.2, 0) is 6.54 Å². The summed E-state index contributed by atoms with van der Waals surface area (Å²) in [5, 5.41) is 14.8. The van der Waals surface area contributed by atoms with Crippen LogP contribution < -0.4 is 5.32 Å². The fraction of sp³-hybridized carbons (Fsp3) is 0.214. The second-order valence-corrected chi connectivity index (χ2v) is 5.86. The van der Waals surface area contributed by atoms with Gasteiger partial charge in [0.05, 0.1) is 27.7 Å². The predicted molar refractivity (Wildman–Crippen MR) is 86.8 cm³/mol. The highest BCUT2D eigenvalue weighted by atomic mass is 79.9. The van der Waals surface area contributed by atoms with E-state index in [9.17, 15) is 10.1 Å². The van der Waals surface area contributed by atoms with Crippen molar-refractivity contribution in [2.24, 2.45) is 0 Å². The van der Waals surface area contributed by atoms with E-state index in [0.717, 1.165) is 10.2 Å². The molecule has 7 heteroatoms. The highest BCUT2D eigenvalue weighted by Gasteiger charge is 2.18. The molecule has 0 radical (unpaired) electrons. The first kappa shape index (κ1) is 15.7. The van der Waals surface area contributed by atoms with Crippen molar-refractivity contribution >= 4 is 38.9 Å². The van der Waals surface area contributed by atoms with E-state index in [1.165, 1.54) is 6.20 Å². The zero-order valence-electron chi connectivity index (χ0n) is 11.5.